The van der Waals surface area contributed by atoms with E-state index in [0.717, 1.165) is 0 Å². The highest BCUT2D eigenvalue weighted by Crippen LogP contribution is 2.21. The summed E-state index contributed by atoms with van der Waals surface area (Å²) >= 11 is 12.0. The van der Waals surface area contributed by atoms with E-state index in [1.807, 2.05) is 0 Å². The molecule has 5 heteroatoms. The Balaban J connectivity index is 3.15. The zero-order valence-electron chi connectivity index (χ0n) is 3.96. The van der Waals surface area contributed by atoms with Crippen LogP contribution in [-0.2, 0) is 4.43 Å². The van der Waals surface area contributed by atoms with Crippen molar-refractivity contribution in [3.63, 3.8) is 0 Å². The first-order valence-electron chi connectivity index (χ1n) is 1.72. The minimum absolute atomic E-state index is 0.450. The molecule has 0 aliphatic rings. The van der Waals surface area contributed by atoms with Gasteiger partial charge in [-0.15, -0.1) is 0 Å². The lowest BCUT2D eigenvalue weighted by Crippen LogP contribution is -2.15. The first kappa shape index (κ1) is 8.23. The van der Waals surface area contributed by atoms with Crippen molar-refractivity contribution in [1.82, 2.24) is 0 Å². The summed E-state index contributed by atoms with van der Waals surface area (Å²) in [5.41, 5.74) is 0. The summed E-state index contributed by atoms with van der Waals surface area (Å²) in [6.45, 7) is 0. The van der Waals surface area contributed by atoms with Gasteiger partial charge in [0.15, 0.2) is 9.76 Å². The summed E-state index contributed by atoms with van der Waals surface area (Å²) < 4.78 is 4.37. The molecule has 0 rings (SSSR count). The number of rotatable bonds is 2. The lowest BCUT2D eigenvalue weighted by molar-refractivity contribution is 0.443. The molecule has 0 aromatic carbocycles. The lowest BCUT2D eigenvalue weighted by atomic mass is 11.8. The van der Waals surface area contributed by atoms with Crippen LogP contribution in [0.5, 0.6) is 0 Å². The van der Waals surface area contributed by atoms with Crippen LogP contribution in [-0.4, -0.2) is 19.9 Å². The van der Waals surface area contributed by atoms with E-state index in [4.69, 9.17) is 4.43 Å². The molecule has 0 radical (unpaired) electrons. The molecular formula is C2H8OS3Si. The molecule has 0 heterocycles. The molecule has 0 bridgehead atoms. The molecule has 0 spiro atoms. The molecular weight excluding hydrogens is 164 g/mol. The molecule has 0 atom stereocenters. The second-order valence-corrected chi connectivity index (χ2v) is 8.27. The van der Waals surface area contributed by atoms with Gasteiger partial charge < -0.3 is 4.43 Å². The SMILES string of the molecule is CO[SiH2]C(S)(S)S. The van der Waals surface area contributed by atoms with Crippen LogP contribution < -0.4 is 0 Å². The third kappa shape index (κ3) is 7.23. The summed E-state index contributed by atoms with van der Waals surface area (Å²) in [5.74, 6) is 0. The fraction of sp³-hybridized carbons (Fsp3) is 1.00. The molecule has 0 aromatic heterocycles. The zero-order valence-corrected chi connectivity index (χ0v) is 8.05. The Labute approximate surface area is 62.4 Å². The average Bonchev–Trinajstić information content (AvgIpc) is 1.30. The van der Waals surface area contributed by atoms with Crippen molar-refractivity contribution < 1.29 is 4.43 Å². The summed E-state index contributed by atoms with van der Waals surface area (Å²) in [6.07, 6.45) is 0. The van der Waals surface area contributed by atoms with Crippen molar-refractivity contribution in [2.24, 2.45) is 0 Å². The first-order valence-corrected chi connectivity index (χ1v) is 4.35. The van der Waals surface area contributed by atoms with E-state index in [9.17, 15) is 0 Å². The molecule has 0 fully saturated rings. The third-order valence-corrected chi connectivity index (χ3v) is 2.18. The topological polar surface area (TPSA) is 9.23 Å². The van der Waals surface area contributed by atoms with E-state index in [2.05, 4.69) is 37.9 Å². The van der Waals surface area contributed by atoms with Crippen LogP contribution in [0.4, 0.5) is 0 Å². The van der Waals surface area contributed by atoms with Crippen LogP contribution in [0.3, 0.4) is 0 Å². The van der Waals surface area contributed by atoms with Crippen LogP contribution in [0.2, 0.25) is 0 Å². The van der Waals surface area contributed by atoms with Crippen molar-refractivity contribution in [2.75, 3.05) is 7.11 Å². The van der Waals surface area contributed by atoms with Gasteiger partial charge in [0.25, 0.3) is 0 Å². The van der Waals surface area contributed by atoms with E-state index in [1.54, 1.807) is 7.11 Å². The van der Waals surface area contributed by atoms with E-state index in [1.165, 1.54) is 0 Å². The van der Waals surface area contributed by atoms with Crippen LogP contribution in [0.1, 0.15) is 0 Å². The van der Waals surface area contributed by atoms with E-state index in [-0.39, 0.29) is 0 Å². The highest BCUT2D eigenvalue weighted by Gasteiger charge is 2.12. The molecule has 0 amide bonds. The average molecular weight is 172 g/mol. The fourth-order valence-electron chi connectivity index (χ4n) is 0.194. The molecule has 0 aliphatic heterocycles. The van der Waals surface area contributed by atoms with Gasteiger partial charge in [-0.3, -0.25) is 0 Å². The Morgan fingerprint density at radius 3 is 1.86 bits per heavy atom. The number of thiol groups is 3. The van der Waals surface area contributed by atoms with Crippen molar-refractivity contribution in [2.45, 2.75) is 3.03 Å². The fourth-order valence-corrected chi connectivity index (χ4v) is 1.74. The van der Waals surface area contributed by atoms with Gasteiger partial charge in [-0.25, -0.2) is 0 Å². The highest BCUT2D eigenvalue weighted by atomic mass is 32.2. The summed E-state index contributed by atoms with van der Waals surface area (Å²) in [4.78, 5) is 0. The Hall–Kier alpha value is 1.23. The van der Waals surface area contributed by atoms with Gasteiger partial charge in [0.1, 0.15) is 3.03 Å². The van der Waals surface area contributed by atoms with Crippen molar-refractivity contribution in [1.29, 1.82) is 0 Å². The molecule has 0 aromatic rings. The first-order chi connectivity index (χ1) is 3.06. The van der Waals surface area contributed by atoms with Gasteiger partial charge >= 0.3 is 0 Å². The largest absolute Gasteiger partial charge is 0.424 e. The minimum atomic E-state index is -0.647. The van der Waals surface area contributed by atoms with Crippen LogP contribution in [0, 0.1) is 0 Å². The zero-order chi connectivity index (χ0) is 5.91. The van der Waals surface area contributed by atoms with E-state index >= 15 is 0 Å². The molecule has 7 heavy (non-hydrogen) atoms. The highest BCUT2D eigenvalue weighted by molar-refractivity contribution is 8.19. The molecule has 0 aliphatic carbocycles. The van der Waals surface area contributed by atoms with Gasteiger partial charge in [0.05, 0.1) is 0 Å². The minimum Gasteiger partial charge on any atom is -0.424 e. The van der Waals surface area contributed by atoms with E-state index < -0.39 is 12.8 Å². The summed E-state index contributed by atoms with van der Waals surface area (Å²) in [5, 5.41) is 0. The Bertz CT molecular complexity index is 51.4. The second kappa shape index (κ2) is 3.29. The van der Waals surface area contributed by atoms with Gasteiger partial charge in [0, 0.05) is 7.11 Å². The predicted molar refractivity (Wildman–Crippen MR) is 45.2 cm³/mol. The third-order valence-electron chi connectivity index (χ3n) is 0.338. The summed E-state index contributed by atoms with van der Waals surface area (Å²) in [6, 6.07) is 0. The number of hydrogen-bond acceptors (Lipinski definition) is 4. The van der Waals surface area contributed by atoms with Crippen LogP contribution >= 0.6 is 37.9 Å². The van der Waals surface area contributed by atoms with Gasteiger partial charge in [-0.2, -0.15) is 37.9 Å². The monoisotopic (exact) mass is 172 g/mol. The van der Waals surface area contributed by atoms with Gasteiger partial charge in [0.2, 0.25) is 0 Å². The maximum Gasteiger partial charge on any atom is 0.198 e. The number of hydrogen-bond donors (Lipinski definition) is 3. The molecule has 44 valence electrons. The van der Waals surface area contributed by atoms with E-state index in [0.29, 0.717) is 0 Å². The Morgan fingerprint density at radius 1 is 1.43 bits per heavy atom. The maximum absolute atomic E-state index is 4.82. The predicted octanol–water partition coefficient (Wildman–Crippen LogP) is 0.117. The normalized spacial score (nSPS) is 13.7. The quantitative estimate of drug-likeness (QED) is 0.305. The van der Waals surface area contributed by atoms with Gasteiger partial charge in [-0.1, -0.05) is 0 Å². The molecule has 0 saturated carbocycles. The van der Waals surface area contributed by atoms with Gasteiger partial charge in [-0.05, 0) is 0 Å². The maximum atomic E-state index is 4.82. The summed E-state index contributed by atoms with van der Waals surface area (Å²) in [7, 11) is 0.995. The van der Waals surface area contributed by atoms with Crippen LogP contribution in [0.25, 0.3) is 0 Å². The molecule has 0 unspecified atom stereocenters. The second-order valence-electron chi connectivity index (χ2n) is 1.21. The Kier molecular flexibility index (Phi) is 3.87. The van der Waals surface area contributed by atoms with Crippen molar-refractivity contribution in [3.8, 4) is 0 Å². The standard InChI is InChI=1S/C2H8OS3Si/c1-3-7-2(4,5)6/h4-6H,7H2,1H3. The Morgan fingerprint density at radius 2 is 1.86 bits per heavy atom. The molecule has 1 nitrogen and oxygen atoms in total. The smallest absolute Gasteiger partial charge is 0.198 e. The molecule has 0 N–H and O–H groups in total. The van der Waals surface area contributed by atoms with Crippen molar-refractivity contribution in [3.05, 3.63) is 0 Å². The van der Waals surface area contributed by atoms with Crippen LogP contribution in [0.15, 0.2) is 0 Å². The van der Waals surface area contributed by atoms with Crippen molar-refractivity contribution >= 4 is 47.6 Å². The molecule has 0 saturated heterocycles. The lowest BCUT2D eigenvalue weighted by Gasteiger charge is -2.10.